The number of benzene rings is 1. The van der Waals surface area contributed by atoms with Gasteiger partial charge in [-0.2, -0.15) is 0 Å². The van der Waals surface area contributed by atoms with E-state index in [2.05, 4.69) is 5.32 Å². The van der Waals surface area contributed by atoms with Crippen LogP contribution >= 0.6 is 0 Å². The van der Waals surface area contributed by atoms with Crippen molar-refractivity contribution in [2.24, 2.45) is 0 Å². The highest BCUT2D eigenvalue weighted by molar-refractivity contribution is 6.20. The zero-order valence-corrected chi connectivity index (χ0v) is 13.5. The summed E-state index contributed by atoms with van der Waals surface area (Å²) in [4.78, 5) is 26.0. The van der Waals surface area contributed by atoms with Crippen molar-refractivity contribution in [3.63, 3.8) is 0 Å². The number of likely N-dealkylation sites (N-methyl/N-ethyl adjacent to an activating group) is 1. The molecule has 0 heterocycles. The maximum absolute atomic E-state index is 12.3. The van der Waals surface area contributed by atoms with Crippen molar-refractivity contribution in [3.05, 3.63) is 46.8 Å². The molecule has 6 heteroatoms. The highest BCUT2D eigenvalue weighted by Gasteiger charge is 2.23. The fourth-order valence-corrected chi connectivity index (χ4v) is 2.34. The van der Waals surface area contributed by atoms with Crippen LogP contribution in [0, 0.1) is 13.8 Å². The van der Waals surface area contributed by atoms with Gasteiger partial charge in [0, 0.05) is 37.1 Å². The molecule has 1 aromatic rings. The second kappa shape index (κ2) is 6.66. The topological polar surface area (TPSA) is 95.7 Å². The van der Waals surface area contributed by atoms with Gasteiger partial charge >= 0.3 is 0 Å². The molecule has 0 fully saturated rings. The lowest BCUT2D eigenvalue weighted by Crippen LogP contribution is -2.30. The van der Waals surface area contributed by atoms with E-state index in [1.807, 2.05) is 13.8 Å². The Bertz CT molecular complexity index is 720. The maximum atomic E-state index is 12.3. The lowest BCUT2D eigenvalue weighted by atomic mass is 10.0. The van der Waals surface area contributed by atoms with Crippen molar-refractivity contribution in [2.45, 2.75) is 13.8 Å². The number of aliphatic hydroxyl groups excluding tert-OH is 1. The minimum absolute atomic E-state index is 0.0892. The number of hydrogen-bond acceptors (Lipinski definition) is 6. The standard InChI is InChI=1S/C17H21N3O3/c1-10-11(2)13(5-4-12(10)18)19-14-8-17(23)15(9-16(14)22)20(3)6-7-21/h4-5,8-9,19,21H,6-7,18H2,1-3H3. The Hall–Kier alpha value is -2.60. The smallest absolute Gasteiger partial charge is 0.204 e. The highest BCUT2D eigenvalue weighted by atomic mass is 16.3. The van der Waals surface area contributed by atoms with Crippen LogP contribution in [0.5, 0.6) is 0 Å². The molecule has 1 aromatic carbocycles. The number of nitrogen functional groups attached to an aromatic ring is 1. The van der Waals surface area contributed by atoms with Crippen LogP contribution in [-0.2, 0) is 9.59 Å². The quantitative estimate of drug-likeness (QED) is 0.557. The fraction of sp³-hybridized carbons (Fsp3) is 0.294. The SMILES string of the molecule is Cc1c(N)ccc(NC2=CC(=O)C(N(C)CCO)=CC2=O)c1C. The third-order valence-electron chi connectivity index (χ3n) is 4.01. The van der Waals surface area contributed by atoms with E-state index in [1.165, 1.54) is 12.2 Å². The molecule has 0 amide bonds. The summed E-state index contributed by atoms with van der Waals surface area (Å²) in [5.41, 5.74) is 9.64. The normalized spacial score (nSPS) is 14.4. The molecule has 23 heavy (non-hydrogen) atoms. The fourth-order valence-electron chi connectivity index (χ4n) is 2.34. The van der Waals surface area contributed by atoms with Crippen molar-refractivity contribution >= 4 is 22.9 Å². The van der Waals surface area contributed by atoms with Crippen LogP contribution in [0.4, 0.5) is 11.4 Å². The van der Waals surface area contributed by atoms with Crippen LogP contribution in [0.15, 0.2) is 35.7 Å². The van der Waals surface area contributed by atoms with Crippen molar-refractivity contribution in [1.29, 1.82) is 0 Å². The van der Waals surface area contributed by atoms with E-state index in [4.69, 9.17) is 10.8 Å². The van der Waals surface area contributed by atoms with Crippen molar-refractivity contribution in [2.75, 3.05) is 31.2 Å². The van der Waals surface area contributed by atoms with Gasteiger partial charge in [-0.25, -0.2) is 0 Å². The molecule has 0 aliphatic heterocycles. The molecule has 0 spiro atoms. The Labute approximate surface area is 135 Å². The second-order valence-corrected chi connectivity index (χ2v) is 5.54. The molecule has 1 aliphatic carbocycles. The Morgan fingerprint density at radius 1 is 1.13 bits per heavy atom. The number of carbonyl (C=O) groups is 2. The van der Waals surface area contributed by atoms with Crippen LogP contribution in [0.25, 0.3) is 0 Å². The van der Waals surface area contributed by atoms with E-state index in [9.17, 15) is 9.59 Å². The number of allylic oxidation sites excluding steroid dienone is 2. The lowest BCUT2D eigenvalue weighted by Gasteiger charge is -2.23. The summed E-state index contributed by atoms with van der Waals surface area (Å²) in [6.07, 6.45) is 2.58. The number of carbonyl (C=O) groups excluding carboxylic acids is 2. The minimum atomic E-state index is -0.279. The molecule has 1 aliphatic rings. The second-order valence-electron chi connectivity index (χ2n) is 5.54. The van der Waals surface area contributed by atoms with E-state index in [0.29, 0.717) is 5.69 Å². The summed E-state index contributed by atoms with van der Waals surface area (Å²) in [6.45, 7) is 4.01. The molecule has 122 valence electrons. The third-order valence-corrected chi connectivity index (χ3v) is 4.01. The largest absolute Gasteiger partial charge is 0.399 e. The minimum Gasteiger partial charge on any atom is -0.399 e. The van der Waals surface area contributed by atoms with Gasteiger partial charge < -0.3 is 21.1 Å². The number of nitrogens with one attached hydrogen (secondary N) is 1. The molecule has 0 bridgehead atoms. The van der Waals surface area contributed by atoms with Crippen LogP contribution in [0.3, 0.4) is 0 Å². The third kappa shape index (κ3) is 3.43. The number of nitrogens with zero attached hydrogens (tertiary/aromatic N) is 1. The molecule has 6 nitrogen and oxygen atoms in total. The number of hydrogen-bond donors (Lipinski definition) is 3. The molecular weight excluding hydrogens is 294 g/mol. The number of anilines is 2. The molecule has 2 rings (SSSR count). The number of nitrogens with two attached hydrogens (primary N) is 1. The van der Waals surface area contributed by atoms with Gasteiger partial charge in [-0.1, -0.05) is 0 Å². The lowest BCUT2D eigenvalue weighted by molar-refractivity contribution is -0.116. The van der Waals surface area contributed by atoms with Gasteiger partial charge in [-0.3, -0.25) is 9.59 Å². The predicted molar refractivity (Wildman–Crippen MR) is 89.8 cm³/mol. The van der Waals surface area contributed by atoms with Crippen LogP contribution in [-0.4, -0.2) is 41.8 Å². The van der Waals surface area contributed by atoms with Crippen molar-refractivity contribution < 1.29 is 14.7 Å². The Kier molecular flexibility index (Phi) is 4.86. The van der Waals surface area contributed by atoms with Gasteiger partial charge in [0.15, 0.2) is 0 Å². The average Bonchev–Trinajstić information content (AvgIpc) is 2.51. The molecule has 4 N–H and O–H groups in total. The number of rotatable bonds is 5. The maximum Gasteiger partial charge on any atom is 0.204 e. The molecule has 0 aromatic heterocycles. The summed E-state index contributed by atoms with van der Waals surface area (Å²) in [6, 6.07) is 3.55. The predicted octanol–water partition coefficient (Wildman–Crippen LogP) is 1.14. The first-order chi connectivity index (χ1) is 10.8. The van der Waals surface area contributed by atoms with Crippen LogP contribution in [0.1, 0.15) is 11.1 Å². The molecule has 0 saturated heterocycles. The van der Waals surface area contributed by atoms with E-state index in [-0.39, 0.29) is 36.1 Å². The number of ketones is 2. The van der Waals surface area contributed by atoms with Crippen LogP contribution in [0.2, 0.25) is 0 Å². The Morgan fingerprint density at radius 2 is 1.83 bits per heavy atom. The molecule has 0 saturated carbocycles. The van der Waals surface area contributed by atoms with Crippen molar-refractivity contribution in [3.8, 4) is 0 Å². The zero-order valence-electron chi connectivity index (χ0n) is 13.5. The number of aliphatic hydroxyl groups is 1. The summed E-state index contributed by atoms with van der Waals surface area (Å²) in [7, 11) is 1.66. The highest BCUT2D eigenvalue weighted by Crippen LogP contribution is 2.26. The van der Waals surface area contributed by atoms with E-state index < -0.39 is 0 Å². The van der Waals surface area contributed by atoms with E-state index in [0.717, 1.165) is 16.8 Å². The van der Waals surface area contributed by atoms with E-state index >= 15 is 0 Å². The average molecular weight is 315 g/mol. The summed E-state index contributed by atoms with van der Waals surface area (Å²) in [5, 5.41) is 12.0. The Balaban J connectivity index is 2.24. The van der Waals surface area contributed by atoms with Gasteiger partial charge in [0.2, 0.25) is 11.6 Å². The molecule has 0 radical (unpaired) electrons. The van der Waals surface area contributed by atoms with Crippen molar-refractivity contribution in [1.82, 2.24) is 4.90 Å². The van der Waals surface area contributed by atoms with Gasteiger partial charge in [-0.05, 0) is 37.1 Å². The molecular formula is C17H21N3O3. The van der Waals surface area contributed by atoms with Gasteiger partial charge in [-0.15, -0.1) is 0 Å². The van der Waals surface area contributed by atoms with Gasteiger partial charge in [0.25, 0.3) is 0 Å². The molecule has 0 atom stereocenters. The first-order valence-electron chi connectivity index (χ1n) is 7.32. The summed E-state index contributed by atoms with van der Waals surface area (Å²) in [5.74, 6) is -0.550. The zero-order chi connectivity index (χ0) is 17.1. The Morgan fingerprint density at radius 3 is 2.48 bits per heavy atom. The summed E-state index contributed by atoms with van der Waals surface area (Å²) < 4.78 is 0. The van der Waals surface area contributed by atoms with Crippen LogP contribution < -0.4 is 11.1 Å². The summed E-state index contributed by atoms with van der Waals surface area (Å²) >= 11 is 0. The molecule has 0 unspecified atom stereocenters. The van der Waals surface area contributed by atoms with E-state index in [1.54, 1.807) is 24.1 Å². The first-order valence-corrected chi connectivity index (χ1v) is 7.32. The first kappa shape index (κ1) is 16.8. The van der Waals surface area contributed by atoms with Gasteiger partial charge in [0.05, 0.1) is 18.0 Å². The monoisotopic (exact) mass is 315 g/mol. The van der Waals surface area contributed by atoms with Gasteiger partial charge in [0.1, 0.15) is 0 Å².